The number of carbonyl (C=O) groups is 1. The predicted molar refractivity (Wildman–Crippen MR) is 78.3 cm³/mol. The van der Waals surface area contributed by atoms with Crippen LogP contribution < -0.4 is 5.32 Å². The van der Waals surface area contributed by atoms with Gasteiger partial charge < -0.3 is 10.2 Å². The molecule has 0 spiro atoms. The van der Waals surface area contributed by atoms with Crippen LogP contribution in [0.2, 0.25) is 0 Å². The van der Waals surface area contributed by atoms with Crippen LogP contribution in [0.5, 0.6) is 0 Å². The van der Waals surface area contributed by atoms with E-state index in [4.69, 9.17) is 0 Å². The summed E-state index contributed by atoms with van der Waals surface area (Å²) in [5, 5.41) is 3.16. The number of rotatable bonds is 6. The Morgan fingerprint density at radius 2 is 2.05 bits per heavy atom. The summed E-state index contributed by atoms with van der Waals surface area (Å²) in [6.45, 7) is 7.71. The summed E-state index contributed by atoms with van der Waals surface area (Å²) in [4.78, 5) is 13.8. The number of benzene rings is 1. The van der Waals surface area contributed by atoms with Crippen molar-refractivity contribution in [1.29, 1.82) is 0 Å². The van der Waals surface area contributed by atoms with Crippen molar-refractivity contribution in [3.05, 3.63) is 34.1 Å². The monoisotopic (exact) mass is 330 g/mol. The van der Waals surface area contributed by atoms with Gasteiger partial charge >= 0.3 is 0 Å². The minimum atomic E-state index is -0.275. The zero-order valence-electron chi connectivity index (χ0n) is 11.5. The highest BCUT2D eigenvalue weighted by molar-refractivity contribution is 9.10. The Morgan fingerprint density at radius 3 is 2.58 bits per heavy atom. The Morgan fingerprint density at radius 1 is 1.42 bits per heavy atom. The maximum atomic E-state index is 13.0. The van der Waals surface area contributed by atoms with Crippen LogP contribution in [0.25, 0.3) is 0 Å². The molecule has 0 aliphatic rings. The average Bonchev–Trinajstić information content (AvgIpc) is 2.38. The van der Waals surface area contributed by atoms with Crippen molar-refractivity contribution in [2.24, 2.45) is 0 Å². The zero-order valence-corrected chi connectivity index (χ0v) is 13.1. The SMILES string of the molecule is CCN(CC)C(=O)C(C)NCc1ccc(F)cc1Br. The van der Waals surface area contributed by atoms with E-state index >= 15 is 0 Å². The third kappa shape index (κ3) is 4.58. The normalized spacial score (nSPS) is 12.3. The molecular weight excluding hydrogens is 311 g/mol. The highest BCUT2D eigenvalue weighted by Crippen LogP contribution is 2.17. The van der Waals surface area contributed by atoms with Gasteiger partial charge in [-0.1, -0.05) is 22.0 Å². The summed E-state index contributed by atoms with van der Waals surface area (Å²) in [6.07, 6.45) is 0. The number of halogens is 2. The zero-order chi connectivity index (χ0) is 14.4. The first kappa shape index (κ1) is 16.1. The molecule has 0 aliphatic heterocycles. The fourth-order valence-corrected chi connectivity index (χ4v) is 2.32. The van der Waals surface area contributed by atoms with Gasteiger partial charge in [-0.2, -0.15) is 0 Å². The first-order valence-corrected chi connectivity index (χ1v) is 7.25. The maximum Gasteiger partial charge on any atom is 0.239 e. The number of amides is 1. The molecule has 0 aliphatic carbocycles. The summed E-state index contributed by atoms with van der Waals surface area (Å²) in [5.41, 5.74) is 0.931. The van der Waals surface area contributed by atoms with E-state index in [1.807, 2.05) is 20.8 Å². The smallest absolute Gasteiger partial charge is 0.239 e. The largest absolute Gasteiger partial charge is 0.342 e. The highest BCUT2D eigenvalue weighted by Gasteiger charge is 2.17. The van der Waals surface area contributed by atoms with Gasteiger partial charge in [-0.05, 0) is 38.5 Å². The van der Waals surface area contributed by atoms with Crippen molar-refractivity contribution in [3.63, 3.8) is 0 Å². The molecule has 1 aromatic carbocycles. The van der Waals surface area contributed by atoms with E-state index in [0.29, 0.717) is 24.1 Å². The number of hydrogen-bond acceptors (Lipinski definition) is 2. The first-order valence-electron chi connectivity index (χ1n) is 6.45. The van der Waals surface area contributed by atoms with Crippen molar-refractivity contribution >= 4 is 21.8 Å². The van der Waals surface area contributed by atoms with Gasteiger partial charge in [0.15, 0.2) is 0 Å². The molecule has 106 valence electrons. The lowest BCUT2D eigenvalue weighted by Crippen LogP contribution is -2.44. The van der Waals surface area contributed by atoms with Crippen LogP contribution in [0.1, 0.15) is 26.3 Å². The third-order valence-electron chi connectivity index (χ3n) is 3.06. The Kier molecular flexibility index (Phi) is 6.45. The lowest BCUT2D eigenvalue weighted by molar-refractivity contribution is -0.132. The molecule has 0 bridgehead atoms. The molecule has 1 N–H and O–H groups in total. The van der Waals surface area contributed by atoms with Crippen molar-refractivity contribution in [1.82, 2.24) is 10.2 Å². The van der Waals surface area contributed by atoms with Crippen LogP contribution in [-0.2, 0) is 11.3 Å². The lowest BCUT2D eigenvalue weighted by Gasteiger charge is -2.23. The molecule has 3 nitrogen and oxygen atoms in total. The quantitative estimate of drug-likeness (QED) is 0.869. The molecule has 0 saturated carbocycles. The van der Waals surface area contributed by atoms with E-state index in [0.717, 1.165) is 5.56 Å². The summed E-state index contributed by atoms with van der Waals surface area (Å²) < 4.78 is 13.7. The molecule has 0 saturated heterocycles. The highest BCUT2D eigenvalue weighted by atomic mass is 79.9. The van der Waals surface area contributed by atoms with E-state index in [9.17, 15) is 9.18 Å². The second-order valence-electron chi connectivity index (χ2n) is 4.35. The molecule has 1 rings (SSSR count). The fraction of sp³-hybridized carbons (Fsp3) is 0.500. The van der Waals surface area contributed by atoms with Crippen LogP contribution >= 0.6 is 15.9 Å². The Labute approximate surface area is 122 Å². The van der Waals surface area contributed by atoms with Crippen LogP contribution in [0.15, 0.2) is 22.7 Å². The van der Waals surface area contributed by atoms with Gasteiger partial charge in [0.25, 0.3) is 0 Å². The molecule has 1 unspecified atom stereocenters. The van der Waals surface area contributed by atoms with Crippen molar-refractivity contribution < 1.29 is 9.18 Å². The van der Waals surface area contributed by atoms with Gasteiger partial charge in [0.1, 0.15) is 5.82 Å². The van der Waals surface area contributed by atoms with E-state index in [2.05, 4.69) is 21.2 Å². The molecule has 1 amide bonds. The van der Waals surface area contributed by atoms with Gasteiger partial charge in [-0.15, -0.1) is 0 Å². The van der Waals surface area contributed by atoms with Gasteiger partial charge in [-0.3, -0.25) is 4.79 Å². The van der Waals surface area contributed by atoms with Gasteiger partial charge in [-0.25, -0.2) is 4.39 Å². The summed E-state index contributed by atoms with van der Waals surface area (Å²) in [6, 6.07) is 4.30. The molecule has 19 heavy (non-hydrogen) atoms. The van der Waals surface area contributed by atoms with E-state index in [1.54, 1.807) is 11.0 Å². The number of hydrogen-bond donors (Lipinski definition) is 1. The minimum absolute atomic E-state index is 0.0863. The third-order valence-corrected chi connectivity index (χ3v) is 3.80. The van der Waals surface area contributed by atoms with Crippen molar-refractivity contribution in [2.75, 3.05) is 13.1 Å². The number of nitrogens with one attached hydrogen (secondary N) is 1. The Balaban J connectivity index is 2.58. The standard InChI is InChI=1S/C14H20BrFN2O/c1-4-18(5-2)14(19)10(3)17-9-11-6-7-12(16)8-13(11)15/h6-8,10,17H,4-5,9H2,1-3H3. The number of carbonyl (C=O) groups excluding carboxylic acids is 1. The van der Waals surface area contributed by atoms with Crippen LogP contribution in [0, 0.1) is 5.82 Å². The van der Waals surface area contributed by atoms with Gasteiger partial charge in [0.05, 0.1) is 6.04 Å². The van der Waals surface area contributed by atoms with Gasteiger partial charge in [0, 0.05) is 24.1 Å². The predicted octanol–water partition coefficient (Wildman–Crippen LogP) is 2.93. The average molecular weight is 331 g/mol. The molecule has 1 atom stereocenters. The second-order valence-corrected chi connectivity index (χ2v) is 5.20. The van der Waals surface area contributed by atoms with E-state index < -0.39 is 0 Å². The lowest BCUT2D eigenvalue weighted by atomic mass is 10.2. The van der Waals surface area contributed by atoms with Crippen LogP contribution in [0.4, 0.5) is 4.39 Å². The van der Waals surface area contributed by atoms with E-state index in [1.165, 1.54) is 12.1 Å². The molecular formula is C14H20BrFN2O. The molecule has 0 fully saturated rings. The van der Waals surface area contributed by atoms with Crippen LogP contribution in [0.3, 0.4) is 0 Å². The molecule has 1 aromatic rings. The van der Waals surface area contributed by atoms with Crippen LogP contribution in [-0.4, -0.2) is 29.9 Å². The Hall–Kier alpha value is -0.940. The van der Waals surface area contributed by atoms with E-state index in [-0.39, 0.29) is 17.8 Å². The molecule has 5 heteroatoms. The number of nitrogens with zero attached hydrogens (tertiary/aromatic N) is 1. The maximum absolute atomic E-state index is 13.0. The molecule has 0 radical (unpaired) electrons. The summed E-state index contributed by atoms with van der Waals surface area (Å²) in [7, 11) is 0. The Bertz CT molecular complexity index is 435. The minimum Gasteiger partial charge on any atom is -0.342 e. The fourth-order valence-electron chi connectivity index (χ4n) is 1.82. The van der Waals surface area contributed by atoms with Crippen molar-refractivity contribution in [3.8, 4) is 0 Å². The van der Waals surface area contributed by atoms with Gasteiger partial charge in [0.2, 0.25) is 5.91 Å². The molecule has 0 aromatic heterocycles. The summed E-state index contributed by atoms with van der Waals surface area (Å²) in [5.74, 6) is -0.189. The topological polar surface area (TPSA) is 32.3 Å². The first-order chi connectivity index (χ1) is 8.99. The number of likely N-dealkylation sites (N-methyl/N-ethyl adjacent to an activating group) is 1. The summed E-state index contributed by atoms with van der Waals surface area (Å²) >= 11 is 3.32. The second kappa shape index (κ2) is 7.60. The molecule has 0 heterocycles. The van der Waals surface area contributed by atoms with Crippen molar-refractivity contribution in [2.45, 2.75) is 33.4 Å².